The highest BCUT2D eigenvalue weighted by Crippen LogP contribution is 2.39. The number of nitrogens with zero attached hydrogens (tertiary/aromatic N) is 6. The van der Waals surface area contributed by atoms with Crippen LogP contribution in [0.25, 0.3) is 5.70 Å². The summed E-state index contributed by atoms with van der Waals surface area (Å²) in [6, 6.07) is 13.6. The van der Waals surface area contributed by atoms with Crippen LogP contribution in [0.15, 0.2) is 74.1 Å². The molecule has 2 aromatic rings. The van der Waals surface area contributed by atoms with E-state index in [1.807, 2.05) is 0 Å². The molecule has 2 saturated heterocycles. The molecular formula is C39H50N8. The summed E-state index contributed by atoms with van der Waals surface area (Å²) in [4.78, 5) is 24.6. The van der Waals surface area contributed by atoms with Crippen molar-refractivity contribution in [1.82, 2.24) is 0 Å². The van der Waals surface area contributed by atoms with Crippen LogP contribution in [-0.2, 0) is 0 Å². The van der Waals surface area contributed by atoms with Crippen LogP contribution in [0.3, 0.4) is 0 Å². The van der Waals surface area contributed by atoms with E-state index in [1.54, 1.807) is 6.34 Å². The molecule has 2 aromatic carbocycles. The minimum atomic E-state index is -0.161. The number of amidine groups is 2. The van der Waals surface area contributed by atoms with E-state index in [1.165, 1.54) is 49.9 Å². The van der Waals surface area contributed by atoms with Gasteiger partial charge in [-0.25, -0.2) is 20.0 Å². The van der Waals surface area contributed by atoms with Gasteiger partial charge in [0.15, 0.2) is 0 Å². The number of piperidine rings is 2. The molecule has 8 heteroatoms. The van der Waals surface area contributed by atoms with Gasteiger partial charge in [-0.1, -0.05) is 0 Å². The molecule has 5 aliphatic rings. The van der Waals surface area contributed by atoms with Crippen molar-refractivity contribution in [2.75, 3.05) is 46.6 Å². The predicted molar refractivity (Wildman–Crippen MR) is 201 cm³/mol. The average Bonchev–Trinajstić information content (AvgIpc) is 3.04. The van der Waals surface area contributed by atoms with Crippen LogP contribution >= 0.6 is 0 Å². The van der Waals surface area contributed by atoms with Gasteiger partial charge in [-0.05, 0) is 134 Å². The molecule has 1 unspecified atom stereocenters. The number of aliphatic imine (C=N–C) groups is 4. The van der Waals surface area contributed by atoms with E-state index in [9.17, 15) is 0 Å². The molecule has 5 heterocycles. The van der Waals surface area contributed by atoms with Gasteiger partial charge in [0.2, 0.25) is 0 Å². The number of rotatable bonds is 6. The predicted octanol–water partition coefficient (Wildman–Crippen LogP) is 8.33. The van der Waals surface area contributed by atoms with Crippen LogP contribution in [0.1, 0.15) is 91.2 Å². The van der Waals surface area contributed by atoms with Gasteiger partial charge in [0.25, 0.3) is 0 Å². The molecule has 0 bridgehead atoms. The molecule has 0 amide bonds. The van der Waals surface area contributed by atoms with Gasteiger partial charge in [0.1, 0.15) is 23.9 Å². The lowest BCUT2D eigenvalue weighted by atomic mass is 9.86. The van der Waals surface area contributed by atoms with Crippen molar-refractivity contribution < 1.29 is 0 Å². The molecule has 0 radical (unpaired) electrons. The number of benzene rings is 2. The fraction of sp³-hybridized carbons (Fsp3) is 0.487. The fourth-order valence-corrected chi connectivity index (χ4v) is 7.23. The molecular weight excluding hydrogens is 580 g/mol. The molecule has 0 aliphatic carbocycles. The second-order valence-corrected chi connectivity index (χ2v) is 15.6. The first-order valence-electron chi connectivity index (χ1n) is 17.6. The van der Waals surface area contributed by atoms with E-state index in [2.05, 4.69) is 121 Å². The number of hydrogen-bond donors (Lipinski definition) is 2. The largest absolute Gasteiger partial charge is 0.380 e. The van der Waals surface area contributed by atoms with Crippen LogP contribution < -0.4 is 20.4 Å². The molecule has 5 aliphatic heterocycles. The summed E-state index contributed by atoms with van der Waals surface area (Å²) in [5.41, 5.74) is 9.61. The maximum Gasteiger partial charge on any atom is 0.145 e. The Bertz CT molecular complexity index is 1630. The molecule has 7 rings (SSSR count). The van der Waals surface area contributed by atoms with E-state index >= 15 is 0 Å². The standard InChI is InChI=1S/C39H50N8/c1-38(2,3)44-33-23-27(46-17-9-7-10-18-46)13-15-29(33)31-21-26-22-32(43-37-35(26)36(42-31)40-25-41-37)30-16-14-28(47-19-11-8-12-20-47)24-34(30)45-39(4,5)6/h13-16,21-25,35,44-45H,7-12,17-20H2,1-6H3. The summed E-state index contributed by atoms with van der Waals surface area (Å²) >= 11 is 0. The van der Waals surface area contributed by atoms with Gasteiger partial charge in [-0.3, -0.25) is 0 Å². The molecule has 0 spiro atoms. The third kappa shape index (κ3) is 6.92. The smallest absolute Gasteiger partial charge is 0.145 e. The molecule has 1 atom stereocenters. The second kappa shape index (κ2) is 12.4. The summed E-state index contributed by atoms with van der Waals surface area (Å²) in [6.45, 7) is 17.7. The lowest BCUT2D eigenvalue weighted by Crippen LogP contribution is -2.33. The summed E-state index contributed by atoms with van der Waals surface area (Å²) in [7, 11) is 0. The molecule has 246 valence electrons. The number of nitrogens with one attached hydrogen (secondary N) is 2. The third-order valence-electron chi connectivity index (χ3n) is 9.33. The maximum atomic E-state index is 5.13. The van der Waals surface area contributed by atoms with Crippen LogP contribution in [0.4, 0.5) is 22.7 Å². The van der Waals surface area contributed by atoms with Gasteiger partial charge in [0.05, 0.1) is 11.4 Å². The Morgan fingerprint density at radius 1 is 0.638 bits per heavy atom. The monoisotopic (exact) mass is 630 g/mol. The Morgan fingerprint density at radius 3 is 1.77 bits per heavy atom. The highest BCUT2D eigenvalue weighted by molar-refractivity contribution is 6.27. The first kappa shape index (κ1) is 31.4. The molecule has 0 aromatic heterocycles. The van der Waals surface area contributed by atoms with Crippen molar-refractivity contribution >= 4 is 52.2 Å². The van der Waals surface area contributed by atoms with Crippen molar-refractivity contribution in [2.24, 2.45) is 25.9 Å². The van der Waals surface area contributed by atoms with Crippen molar-refractivity contribution in [1.29, 1.82) is 0 Å². The third-order valence-corrected chi connectivity index (χ3v) is 9.33. The minimum Gasteiger partial charge on any atom is -0.380 e. The topological polar surface area (TPSA) is 80.0 Å². The molecule has 0 saturated carbocycles. The van der Waals surface area contributed by atoms with Crippen molar-refractivity contribution in [2.45, 2.75) is 91.1 Å². The van der Waals surface area contributed by atoms with Crippen molar-refractivity contribution in [3.63, 3.8) is 0 Å². The summed E-state index contributed by atoms with van der Waals surface area (Å²) < 4.78 is 0. The van der Waals surface area contributed by atoms with Gasteiger partial charge in [-0.15, -0.1) is 0 Å². The van der Waals surface area contributed by atoms with E-state index in [0.29, 0.717) is 0 Å². The summed E-state index contributed by atoms with van der Waals surface area (Å²) in [5.74, 6) is 1.33. The first-order valence-corrected chi connectivity index (χ1v) is 17.6. The van der Waals surface area contributed by atoms with E-state index in [4.69, 9.17) is 9.98 Å². The fourth-order valence-electron chi connectivity index (χ4n) is 7.23. The van der Waals surface area contributed by atoms with Crippen LogP contribution in [0.5, 0.6) is 0 Å². The van der Waals surface area contributed by atoms with Gasteiger partial charge in [0, 0.05) is 71.1 Å². The Balaban J connectivity index is 1.29. The highest BCUT2D eigenvalue weighted by Gasteiger charge is 2.35. The van der Waals surface area contributed by atoms with Crippen molar-refractivity contribution in [3.8, 4) is 0 Å². The molecule has 2 N–H and O–H groups in total. The normalized spacial score (nSPS) is 21.2. The zero-order valence-electron chi connectivity index (χ0n) is 29.0. The Morgan fingerprint density at radius 2 is 1.19 bits per heavy atom. The lowest BCUT2D eigenvalue weighted by Gasteiger charge is -2.32. The van der Waals surface area contributed by atoms with E-state index in [-0.39, 0.29) is 17.0 Å². The number of hydrogen-bond acceptors (Lipinski definition) is 8. The number of dihydropyridines is 1. The molecule has 47 heavy (non-hydrogen) atoms. The Kier molecular flexibility index (Phi) is 8.31. The summed E-state index contributed by atoms with van der Waals surface area (Å²) in [5, 5.41) is 7.59. The zero-order valence-corrected chi connectivity index (χ0v) is 29.0. The maximum absolute atomic E-state index is 5.13. The quantitative estimate of drug-likeness (QED) is 0.336. The Labute approximate surface area is 280 Å². The van der Waals surface area contributed by atoms with Crippen LogP contribution in [0, 0.1) is 5.92 Å². The SMILES string of the molecule is CC(C)(C)Nc1cc(N2CCCCC2)ccc1C1=CC2=CC(c3ccc(N4CCCCC4)cc3NC(C)(C)C)=NC3=NC=NC(=N1)C23. The summed E-state index contributed by atoms with van der Waals surface area (Å²) in [6.07, 6.45) is 13.7. The molecule has 2 fully saturated rings. The van der Waals surface area contributed by atoms with E-state index in [0.717, 1.165) is 77.3 Å². The minimum absolute atomic E-state index is 0.107. The average molecular weight is 631 g/mol. The first-order chi connectivity index (χ1) is 22.5. The van der Waals surface area contributed by atoms with Crippen molar-refractivity contribution in [3.05, 3.63) is 65.3 Å². The Hall–Kier alpha value is -4.20. The molecule has 8 nitrogen and oxygen atoms in total. The van der Waals surface area contributed by atoms with Crippen LogP contribution in [-0.4, -0.2) is 61.0 Å². The number of anilines is 4. The lowest BCUT2D eigenvalue weighted by molar-refractivity contribution is 0.577. The number of allylic oxidation sites excluding steroid dienone is 2. The van der Waals surface area contributed by atoms with Gasteiger partial charge >= 0.3 is 0 Å². The van der Waals surface area contributed by atoms with Crippen LogP contribution in [0.2, 0.25) is 0 Å². The van der Waals surface area contributed by atoms with E-state index < -0.39 is 0 Å². The highest BCUT2D eigenvalue weighted by atomic mass is 15.1. The second-order valence-electron chi connectivity index (χ2n) is 15.6. The zero-order chi connectivity index (χ0) is 32.8. The van der Waals surface area contributed by atoms with Gasteiger partial charge in [-0.2, -0.15) is 0 Å². The van der Waals surface area contributed by atoms with Gasteiger partial charge < -0.3 is 20.4 Å².